The third-order valence-electron chi connectivity index (χ3n) is 3.21. The van der Waals surface area contributed by atoms with Crippen LogP contribution in [0.25, 0.3) is 0 Å². The first kappa shape index (κ1) is 16.7. The highest BCUT2D eigenvalue weighted by Gasteiger charge is 2.17. The molecule has 3 aromatic rings. The number of hydrogen-bond acceptors (Lipinski definition) is 5. The van der Waals surface area contributed by atoms with E-state index in [0.717, 1.165) is 16.9 Å². The summed E-state index contributed by atoms with van der Waals surface area (Å²) in [5.41, 5.74) is 1.38. The predicted octanol–water partition coefficient (Wildman–Crippen LogP) is 2.86. The fourth-order valence-electron chi connectivity index (χ4n) is 1.98. The highest BCUT2D eigenvalue weighted by atomic mass is 32.1. The first-order valence-electron chi connectivity index (χ1n) is 7.34. The lowest BCUT2D eigenvalue weighted by atomic mass is 10.2. The molecule has 3 rings (SSSR count). The van der Waals surface area contributed by atoms with Gasteiger partial charge >= 0.3 is 0 Å². The molecule has 1 heterocycles. The van der Waals surface area contributed by atoms with Crippen LogP contribution in [-0.2, 0) is 6.54 Å². The molecule has 0 aliphatic heterocycles. The Bertz CT molecular complexity index is 881. The normalized spacial score (nSPS) is 10.3. The molecule has 2 amide bonds. The summed E-state index contributed by atoms with van der Waals surface area (Å²) in [5.74, 6) is -1.31. The number of carbonyl (C=O) groups is 2. The number of carbonyl (C=O) groups excluding carboxylic acids is 2. The van der Waals surface area contributed by atoms with E-state index in [1.54, 1.807) is 0 Å². The number of anilines is 1. The van der Waals surface area contributed by atoms with Gasteiger partial charge in [0.1, 0.15) is 5.82 Å². The smallest absolute Gasteiger partial charge is 0.286 e. The zero-order valence-corrected chi connectivity index (χ0v) is 13.7. The number of nitrogens with one attached hydrogen (secondary N) is 2. The van der Waals surface area contributed by atoms with Crippen LogP contribution < -0.4 is 10.6 Å². The van der Waals surface area contributed by atoms with Gasteiger partial charge < -0.3 is 10.6 Å². The molecule has 6 nitrogen and oxygen atoms in total. The SMILES string of the molecule is O=C(NCc1ccccc1)c1nnc(C(=O)Nc2ccc(F)cc2)s1. The number of halogens is 1. The molecule has 0 bridgehead atoms. The molecule has 8 heteroatoms. The molecular weight excluding hydrogens is 343 g/mol. The van der Waals surface area contributed by atoms with Gasteiger partial charge in [0.2, 0.25) is 10.0 Å². The minimum atomic E-state index is -0.508. The van der Waals surface area contributed by atoms with Gasteiger partial charge in [0.05, 0.1) is 0 Å². The summed E-state index contributed by atoms with van der Waals surface area (Å²) in [4.78, 5) is 24.2. The number of hydrogen-bond donors (Lipinski definition) is 2. The number of amides is 2. The largest absolute Gasteiger partial charge is 0.346 e. The summed E-state index contributed by atoms with van der Waals surface area (Å²) in [6, 6.07) is 14.8. The highest BCUT2D eigenvalue weighted by molar-refractivity contribution is 7.15. The van der Waals surface area contributed by atoms with Crippen molar-refractivity contribution in [3.63, 3.8) is 0 Å². The van der Waals surface area contributed by atoms with Crippen molar-refractivity contribution in [3.05, 3.63) is 76.0 Å². The van der Waals surface area contributed by atoms with Crippen molar-refractivity contribution in [1.82, 2.24) is 15.5 Å². The molecule has 0 aliphatic rings. The Labute approximate surface area is 146 Å². The van der Waals surface area contributed by atoms with Gasteiger partial charge in [-0.3, -0.25) is 9.59 Å². The molecule has 0 fully saturated rings. The van der Waals surface area contributed by atoms with E-state index in [4.69, 9.17) is 0 Å². The summed E-state index contributed by atoms with van der Waals surface area (Å²) >= 11 is 0.886. The maximum atomic E-state index is 12.9. The second kappa shape index (κ2) is 7.63. The summed E-state index contributed by atoms with van der Waals surface area (Å²) < 4.78 is 12.9. The Morgan fingerprint density at radius 1 is 0.920 bits per heavy atom. The van der Waals surface area contributed by atoms with Gasteiger partial charge in [-0.1, -0.05) is 41.7 Å². The Balaban J connectivity index is 1.60. The molecule has 2 N–H and O–H groups in total. The van der Waals surface area contributed by atoms with Crippen LogP contribution in [0.4, 0.5) is 10.1 Å². The molecular formula is C17H13FN4O2S. The fourth-order valence-corrected chi connectivity index (χ4v) is 2.63. The lowest BCUT2D eigenvalue weighted by molar-refractivity contribution is 0.0948. The van der Waals surface area contributed by atoms with E-state index in [1.165, 1.54) is 24.3 Å². The third kappa shape index (κ3) is 4.45. The first-order chi connectivity index (χ1) is 12.1. The Morgan fingerprint density at radius 3 is 2.24 bits per heavy atom. The van der Waals surface area contributed by atoms with E-state index in [9.17, 15) is 14.0 Å². The Kier molecular flexibility index (Phi) is 5.10. The van der Waals surface area contributed by atoms with Gasteiger partial charge in [-0.05, 0) is 29.8 Å². The molecule has 0 saturated heterocycles. The van der Waals surface area contributed by atoms with Gasteiger partial charge in [-0.15, -0.1) is 10.2 Å². The maximum Gasteiger partial charge on any atom is 0.286 e. The third-order valence-corrected chi connectivity index (χ3v) is 4.13. The second-order valence-electron chi connectivity index (χ2n) is 5.04. The highest BCUT2D eigenvalue weighted by Crippen LogP contribution is 2.14. The zero-order chi connectivity index (χ0) is 17.6. The van der Waals surface area contributed by atoms with Crippen molar-refractivity contribution < 1.29 is 14.0 Å². The first-order valence-corrected chi connectivity index (χ1v) is 8.16. The molecule has 2 aromatic carbocycles. The summed E-state index contributed by atoms with van der Waals surface area (Å²) in [7, 11) is 0. The average molecular weight is 356 g/mol. The van der Waals surface area contributed by atoms with Gasteiger partial charge in [-0.2, -0.15) is 0 Å². The minimum Gasteiger partial charge on any atom is -0.346 e. The Hall–Kier alpha value is -3.13. The second-order valence-corrected chi connectivity index (χ2v) is 6.02. The fraction of sp³-hybridized carbons (Fsp3) is 0.0588. The molecule has 1 aromatic heterocycles. The van der Waals surface area contributed by atoms with Crippen molar-refractivity contribution in [1.29, 1.82) is 0 Å². The van der Waals surface area contributed by atoms with Crippen molar-refractivity contribution in [3.8, 4) is 0 Å². The van der Waals surface area contributed by atoms with E-state index in [-0.39, 0.29) is 10.0 Å². The lowest BCUT2D eigenvalue weighted by Crippen LogP contribution is -2.22. The van der Waals surface area contributed by atoms with E-state index >= 15 is 0 Å². The average Bonchev–Trinajstić information content (AvgIpc) is 3.13. The van der Waals surface area contributed by atoms with Crippen LogP contribution in [0.3, 0.4) is 0 Å². The van der Waals surface area contributed by atoms with Crippen molar-refractivity contribution >= 4 is 28.8 Å². The molecule has 0 atom stereocenters. The van der Waals surface area contributed by atoms with Crippen LogP contribution in [0.2, 0.25) is 0 Å². The van der Waals surface area contributed by atoms with Crippen LogP contribution in [-0.4, -0.2) is 22.0 Å². The van der Waals surface area contributed by atoms with Gasteiger partial charge in [0.25, 0.3) is 11.8 Å². The quantitative estimate of drug-likeness (QED) is 0.736. The van der Waals surface area contributed by atoms with Gasteiger partial charge in [-0.25, -0.2) is 4.39 Å². The lowest BCUT2D eigenvalue weighted by Gasteiger charge is -2.02. The topological polar surface area (TPSA) is 84.0 Å². The van der Waals surface area contributed by atoms with Crippen LogP contribution in [0.1, 0.15) is 25.2 Å². The number of nitrogens with zero attached hydrogens (tertiary/aromatic N) is 2. The summed E-state index contributed by atoms with van der Waals surface area (Å²) in [5, 5.41) is 12.9. The van der Waals surface area contributed by atoms with Crippen molar-refractivity contribution in [2.45, 2.75) is 6.54 Å². The van der Waals surface area contributed by atoms with Gasteiger partial charge in [0.15, 0.2) is 0 Å². The van der Waals surface area contributed by atoms with E-state index in [0.29, 0.717) is 12.2 Å². The minimum absolute atomic E-state index is 0.0502. The number of rotatable bonds is 5. The maximum absolute atomic E-state index is 12.9. The molecule has 0 unspecified atom stereocenters. The molecule has 0 radical (unpaired) electrons. The summed E-state index contributed by atoms with van der Waals surface area (Å²) in [6.07, 6.45) is 0. The van der Waals surface area contributed by atoms with Crippen LogP contribution in [0.15, 0.2) is 54.6 Å². The molecule has 25 heavy (non-hydrogen) atoms. The van der Waals surface area contributed by atoms with Crippen LogP contribution in [0, 0.1) is 5.82 Å². The standard InChI is InChI=1S/C17H13FN4O2S/c18-12-6-8-13(9-7-12)20-15(24)17-22-21-16(25-17)14(23)19-10-11-4-2-1-3-5-11/h1-9H,10H2,(H,19,23)(H,20,24). The molecule has 0 aliphatic carbocycles. The van der Waals surface area contributed by atoms with Crippen molar-refractivity contribution in [2.24, 2.45) is 0 Å². The number of aromatic nitrogens is 2. The van der Waals surface area contributed by atoms with Crippen LogP contribution >= 0.6 is 11.3 Å². The van der Waals surface area contributed by atoms with Crippen LogP contribution in [0.5, 0.6) is 0 Å². The Morgan fingerprint density at radius 2 is 1.56 bits per heavy atom. The summed E-state index contributed by atoms with van der Waals surface area (Å²) in [6.45, 7) is 0.358. The van der Waals surface area contributed by atoms with Gasteiger partial charge in [0, 0.05) is 12.2 Å². The zero-order valence-electron chi connectivity index (χ0n) is 12.9. The predicted molar refractivity (Wildman–Crippen MR) is 91.9 cm³/mol. The molecule has 126 valence electrons. The molecule has 0 saturated carbocycles. The van der Waals surface area contributed by atoms with E-state index in [2.05, 4.69) is 20.8 Å². The monoisotopic (exact) mass is 356 g/mol. The van der Waals surface area contributed by atoms with Crippen molar-refractivity contribution in [2.75, 3.05) is 5.32 Å². The number of benzene rings is 2. The van der Waals surface area contributed by atoms with E-state index < -0.39 is 17.6 Å². The molecule has 0 spiro atoms. The van der Waals surface area contributed by atoms with E-state index in [1.807, 2.05) is 30.3 Å².